The molecule has 1 aliphatic rings. The predicted molar refractivity (Wildman–Crippen MR) is 62.7 cm³/mol. The minimum atomic E-state index is -0.108. The summed E-state index contributed by atoms with van der Waals surface area (Å²) in [4.78, 5) is 15.8. The zero-order valence-corrected chi connectivity index (χ0v) is 10.6. The summed E-state index contributed by atoms with van der Waals surface area (Å²) in [5.74, 6) is 2.23. The van der Waals surface area contributed by atoms with Gasteiger partial charge in [-0.1, -0.05) is 13.8 Å². The maximum absolute atomic E-state index is 11.4. The van der Waals surface area contributed by atoms with Crippen molar-refractivity contribution in [2.75, 3.05) is 7.11 Å². The number of hydrogen-bond acceptors (Lipinski definition) is 4. The summed E-state index contributed by atoms with van der Waals surface area (Å²) in [6.45, 7) is 4.16. The summed E-state index contributed by atoms with van der Waals surface area (Å²) in [5.41, 5.74) is 0. The Kier molecular flexibility index (Phi) is 3.50. The van der Waals surface area contributed by atoms with Gasteiger partial charge in [0.2, 0.25) is 0 Å². The molecule has 0 N–H and O–H groups in total. The summed E-state index contributed by atoms with van der Waals surface area (Å²) in [6.07, 6.45) is 4.42. The number of aromatic nitrogens is 1. The van der Waals surface area contributed by atoms with Gasteiger partial charge in [0.05, 0.1) is 19.2 Å². The first-order valence-electron chi connectivity index (χ1n) is 6.15. The van der Waals surface area contributed by atoms with E-state index in [1.54, 1.807) is 6.20 Å². The van der Waals surface area contributed by atoms with Crippen molar-refractivity contribution in [3.63, 3.8) is 0 Å². The van der Waals surface area contributed by atoms with Crippen LogP contribution in [0.25, 0.3) is 0 Å². The molecule has 1 fully saturated rings. The fraction of sp³-hybridized carbons (Fsp3) is 0.692. The molecular weight excluding hydrogens is 218 g/mol. The van der Waals surface area contributed by atoms with E-state index in [4.69, 9.17) is 9.15 Å². The maximum Gasteiger partial charge on any atom is 0.308 e. The monoisotopic (exact) mass is 237 g/mol. The third-order valence-electron chi connectivity index (χ3n) is 3.43. The van der Waals surface area contributed by atoms with Gasteiger partial charge in [0, 0.05) is 11.8 Å². The van der Waals surface area contributed by atoms with Crippen LogP contribution in [0.4, 0.5) is 0 Å². The van der Waals surface area contributed by atoms with E-state index in [0.717, 1.165) is 30.9 Å². The van der Waals surface area contributed by atoms with E-state index in [0.29, 0.717) is 5.92 Å². The van der Waals surface area contributed by atoms with Crippen molar-refractivity contribution >= 4 is 5.97 Å². The largest absolute Gasteiger partial charge is 0.469 e. The van der Waals surface area contributed by atoms with Gasteiger partial charge in [-0.25, -0.2) is 4.98 Å². The Morgan fingerprint density at radius 2 is 2.29 bits per heavy atom. The van der Waals surface area contributed by atoms with Crippen molar-refractivity contribution < 1.29 is 13.9 Å². The van der Waals surface area contributed by atoms with Crippen LogP contribution >= 0.6 is 0 Å². The van der Waals surface area contributed by atoms with Gasteiger partial charge in [0.1, 0.15) is 5.76 Å². The molecule has 4 heteroatoms. The normalized spacial score (nSPS) is 24.2. The van der Waals surface area contributed by atoms with Crippen LogP contribution in [-0.4, -0.2) is 18.1 Å². The van der Waals surface area contributed by atoms with E-state index in [2.05, 4.69) is 18.8 Å². The van der Waals surface area contributed by atoms with Crippen LogP contribution in [0.2, 0.25) is 0 Å². The van der Waals surface area contributed by atoms with Gasteiger partial charge in [-0.3, -0.25) is 4.79 Å². The van der Waals surface area contributed by atoms with Gasteiger partial charge in [-0.2, -0.15) is 0 Å². The zero-order valence-electron chi connectivity index (χ0n) is 10.6. The highest BCUT2D eigenvalue weighted by molar-refractivity contribution is 5.72. The molecule has 1 saturated carbocycles. The molecule has 1 aromatic heterocycles. The first-order chi connectivity index (χ1) is 8.11. The molecule has 1 aliphatic carbocycles. The molecule has 1 aromatic rings. The molecule has 17 heavy (non-hydrogen) atoms. The average molecular weight is 237 g/mol. The van der Waals surface area contributed by atoms with Gasteiger partial charge < -0.3 is 9.15 Å². The Balaban J connectivity index is 2.02. The highest BCUT2D eigenvalue weighted by atomic mass is 16.5. The van der Waals surface area contributed by atoms with Crippen LogP contribution < -0.4 is 0 Å². The number of rotatable bonds is 3. The van der Waals surface area contributed by atoms with E-state index >= 15 is 0 Å². The summed E-state index contributed by atoms with van der Waals surface area (Å²) in [5, 5.41) is 0. The molecule has 1 heterocycles. The van der Waals surface area contributed by atoms with Gasteiger partial charge in [-0.15, -0.1) is 0 Å². The third-order valence-corrected chi connectivity index (χ3v) is 3.43. The van der Waals surface area contributed by atoms with Crippen molar-refractivity contribution in [3.05, 3.63) is 17.8 Å². The lowest BCUT2D eigenvalue weighted by Gasteiger charge is -2.06. The Morgan fingerprint density at radius 3 is 2.88 bits per heavy atom. The van der Waals surface area contributed by atoms with E-state index in [9.17, 15) is 4.79 Å². The standard InChI is InChI=1S/C13H19NO3/c1-8(2)11-7-14-12(17-11)9-4-5-10(6-9)13(15)16-3/h7-10H,4-6H2,1-3H3/t9-,10+/m1/s1. The van der Waals surface area contributed by atoms with Crippen molar-refractivity contribution in [2.45, 2.75) is 44.9 Å². The molecule has 94 valence electrons. The molecule has 0 unspecified atom stereocenters. The average Bonchev–Trinajstić information content (AvgIpc) is 2.95. The highest BCUT2D eigenvalue weighted by Crippen LogP contribution is 2.38. The van der Waals surface area contributed by atoms with Crippen LogP contribution in [0.3, 0.4) is 0 Å². The number of esters is 1. The molecule has 4 nitrogen and oxygen atoms in total. The van der Waals surface area contributed by atoms with Crippen LogP contribution in [0, 0.1) is 5.92 Å². The lowest BCUT2D eigenvalue weighted by atomic mass is 10.1. The molecule has 0 radical (unpaired) electrons. The molecular formula is C13H19NO3. The fourth-order valence-electron chi connectivity index (χ4n) is 2.34. The Hall–Kier alpha value is -1.32. The van der Waals surface area contributed by atoms with Crippen molar-refractivity contribution in [1.29, 1.82) is 0 Å². The van der Waals surface area contributed by atoms with Crippen molar-refractivity contribution in [2.24, 2.45) is 5.92 Å². The summed E-state index contributed by atoms with van der Waals surface area (Å²) >= 11 is 0. The number of hydrogen-bond donors (Lipinski definition) is 0. The molecule has 2 rings (SSSR count). The number of nitrogens with zero attached hydrogens (tertiary/aromatic N) is 1. The molecule has 0 amide bonds. The van der Waals surface area contributed by atoms with Crippen LogP contribution in [-0.2, 0) is 9.53 Å². The number of ether oxygens (including phenoxy) is 1. The molecule has 0 saturated heterocycles. The van der Waals surface area contributed by atoms with E-state index in [-0.39, 0.29) is 17.8 Å². The molecule has 2 atom stereocenters. The molecule has 0 aliphatic heterocycles. The lowest BCUT2D eigenvalue weighted by molar-refractivity contribution is -0.145. The topological polar surface area (TPSA) is 52.3 Å². The second-order valence-electron chi connectivity index (χ2n) is 4.99. The van der Waals surface area contributed by atoms with E-state index in [1.807, 2.05) is 0 Å². The predicted octanol–water partition coefficient (Wildman–Crippen LogP) is 2.85. The summed E-state index contributed by atoms with van der Waals surface area (Å²) < 4.78 is 10.5. The Labute approximate surface area is 101 Å². The lowest BCUT2D eigenvalue weighted by Crippen LogP contribution is -2.12. The highest BCUT2D eigenvalue weighted by Gasteiger charge is 2.33. The maximum atomic E-state index is 11.4. The second-order valence-corrected chi connectivity index (χ2v) is 4.99. The van der Waals surface area contributed by atoms with Crippen LogP contribution in [0.1, 0.15) is 56.6 Å². The first-order valence-corrected chi connectivity index (χ1v) is 6.15. The number of carbonyl (C=O) groups is 1. The number of oxazole rings is 1. The minimum Gasteiger partial charge on any atom is -0.469 e. The Morgan fingerprint density at radius 1 is 1.53 bits per heavy atom. The molecule has 0 aromatic carbocycles. The van der Waals surface area contributed by atoms with Gasteiger partial charge in [0.25, 0.3) is 0 Å². The zero-order chi connectivity index (χ0) is 12.4. The van der Waals surface area contributed by atoms with Crippen LogP contribution in [0.15, 0.2) is 10.6 Å². The van der Waals surface area contributed by atoms with Crippen LogP contribution in [0.5, 0.6) is 0 Å². The minimum absolute atomic E-state index is 0.0133. The van der Waals surface area contributed by atoms with Gasteiger partial charge in [0.15, 0.2) is 5.89 Å². The third kappa shape index (κ3) is 2.51. The quantitative estimate of drug-likeness (QED) is 0.758. The number of methoxy groups -OCH3 is 1. The number of carbonyl (C=O) groups excluding carboxylic acids is 1. The van der Waals surface area contributed by atoms with Crippen molar-refractivity contribution in [1.82, 2.24) is 4.98 Å². The summed E-state index contributed by atoms with van der Waals surface area (Å²) in [6, 6.07) is 0. The fourth-order valence-corrected chi connectivity index (χ4v) is 2.34. The Bertz CT molecular complexity index is 397. The SMILES string of the molecule is COC(=O)[C@H]1CC[C@@H](c2ncc(C(C)C)o2)C1. The first kappa shape index (κ1) is 12.1. The summed E-state index contributed by atoms with van der Waals surface area (Å²) in [7, 11) is 1.44. The van der Waals surface area contributed by atoms with Crippen molar-refractivity contribution in [3.8, 4) is 0 Å². The molecule has 0 bridgehead atoms. The smallest absolute Gasteiger partial charge is 0.308 e. The van der Waals surface area contributed by atoms with Gasteiger partial charge in [-0.05, 0) is 19.3 Å². The van der Waals surface area contributed by atoms with Gasteiger partial charge >= 0.3 is 5.97 Å². The van der Waals surface area contributed by atoms with E-state index < -0.39 is 0 Å². The van der Waals surface area contributed by atoms with E-state index in [1.165, 1.54) is 7.11 Å². The molecule has 0 spiro atoms. The second kappa shape index (κ2) is 4.90.